The molecule has 0 saturated carbocycles. The second kappa shape index (κ2) is 9.74. The second-order valence-corrected chi connectivity index (χ2v) is 6.69. The molecule has 0 bridgehead atoms. The number of carboxylic acids is 1. The summed E-state index contributed by atoms with van der Waals surface area (Å²) < 4.78 is 1.43. The lowest BCUT2D eigenvalue weighted by molar-refractivity contribution is -0.138. The smallest absolute Gasteiger partial charge is 0.320 e. The number of carbonyl (C=O) groups excluding carboxylic acids is 3. The van der Waals surface area contributed by atoms with Gasteiger partial charge >= 0.3 is 5.97 Å². The molecule has 0 aliphatic rings. The first-order chi connectivity index (χ1) is 14.2. The summed E-state index contributed by atoms with van der Waals surface area (Å²) in [5, 5.41) is 13.9. The zero-order chi connectivity index (χ0) is 22.4. The van der Waals surface area contributed by atoms with E-state index in [0.717, 1.165) is 11.1 Å². The van der Waals surface area contributed by atoms with Gasteiger partial charge < -0.3 is 26.0 Å². The number of aryl methyl sites for hydroxylation is 2. The number of nitrogens with zero attached hydrogens (tertiary/aromatic N) is 3. The first-order valence-electron chi connectivity index (χ1n) is 9.16. The zero-order valence-electron chi connectivity index (χ0n) is 16.9. The van der Waals surface area contributed by atoms with E-state index in [1.54, 1.807) is 12.1 Å². The predicted molar refractivity (Wildman–Crippen MR) is 107 cm³/mol. The van der Waals surface area contributed by atoms with Crippen molar-refractivity contribution in [1.82, 2.24) is 20.2 Å². The monoisotopic (exact) mass is 416 g/mol. The van der Waals surface area contributed by atoms with Crippen LogP contribution in [0.15, 0.2) is 17.1 Å². The molecule has 1 atom stereocenters. The van der Waals surface area contributed by atoms with Crippen molar-refractivity contribution in [3.05, 3.63) is 34.4 Å². The fraction of sp³-hybridized carbons (Fsp3) is 0.368. The van der Waals surface area contributed by atoms with Crippen LogP contribution < -0.4 is 21.9 Å². The molecule has 2 rings (SSSR count). The number of fused-ring (bicyclic) bond motifs is 1. The molecule has 30 heavy (non-hydrogen) atoms. The minimum Gasteiger partial charge on any atom is -0.480 e. The Hall–Kier alpha value is -3.60. The molecule has 5 N–H and O–H groups in total. The van der Waals surface area contributed by atoms with Crippen LogP contribution in [0.1, 0.15) is 28.0 Å². The normalized spacial score (nSPS) is 12.5. The van der Waals surface area contributed by atoms with E-state index in [-0.39, 0.29) is 37.1 Å². The van der Waals surface area contributed by atoms with Gasteiger partial charge in [-0.3, -0.25) is 19.2 Å². The molecule has 0 aliphatic heterocycles. The second-order valence-electron chi connectivity index (χ2n) is 6.69. The Labute approximate surface area is 172 Å². The number of carbonyl (C=O) groups is 4. The number of aromatic nitrogens is 2. The van der Waals surface area contributed by atoms with E-state index in [1.807, 2.05) is 13.8 Å². The number of rotatable bonds is 8. The average Bonchev–Trinajstić information content (AvgIpc) is 2.70. The topological polar surface area (TPSA) is 169 Å². The Bertz CT molecular complexity index is 1080. The van der Waals surface area contributed by atoms with E-state index in [0.29, 0.717) is 11.0 Å². The number of nitrogens with two attached hydrogens (primary N) is 1. The summed E-state index contributed by atoms with van der Waals surface area (Å²) in [4.78, 5) is 54.8. The Kier molecular flexibility index (Phi) is 7.37. The summed E-state index contributed by atoms with van der Waals surface area (Å²) in [7, 11) is 1.42. The standard InChI is InChI=1S/C19H24N6O5/c1-10-6-13-14(7-11(10)2)25(8-15(27)22-5-4-12(20)19(29)30)17(23-9-26)16(24-13)18(28)21-3/h6-7,9,12H,4-5,8,20H2,1-3H3,(H,21,28)(H,22,27)(H,29,30). The van der Waals surface area contributed by atoms with Crippen molar-refractivity contribution in [2.45, 2.75) is 32.9 Å². The third-order valence-corrected chi connectivity index (χ3v) is 4.59. The van der Waals surface area contributed by atoms with E-state index >= 15 is 0 Å². The van der Waals surface area contributed by atoms with Crippen LogP contribution >= 0.6 is 0 Å². The quantitative estimate of drug-likeness (QED) is 0.400. The molecular formula is C19H24N6O5. The van der Waals surface area contributed by atoms with Crippen molar-refractivity contribution in [3.8, 4) is 0 Å². The number of amides is 3. The number of hydrogen-bond acceptors (Lipinski definition) is 6. The van der Waals surface area contributed by atoms with E-state index in [1.165, 1.54) is 11.6 Å². The first kappa shape index (κ1) is 22.7. The summed E-state index contributed by atoms with van der Waals surface area (Å²) >= 11 is 0. The summed E-state index contributed by atoms with van der Waals surface area (Å²) in [6.07, 6.45) is 0.326. The molecule has 0 saturated heterocycles. The van der Waals surface area contributed by atoms with Gasteiger partial charge in [0.15, 0.2) is 11.2 Å². The molecule has 11 nitrogen and oxygen atoms in total. The van der Waals surface area contributed by atoms with Crippen molar-refractivity contribution in [1.29, 1.82) is 0 Å². The van der Waals surface area contributed by atoms with Gasteiger partial charge in [0, 0.05) is 13.6 Å². The summed E-state index contributed by atoms with van der Waals surface area (Å²) in [6, 6.07) is 2.48. The minimum atomic E-state index is -1.16. The molecular weight excluding hydrogens is 392 g/mol. The average molecular weight is 416 g/mol. The predicted octanol–water partition coefficient (Wildman–Crippen LogP) is -1.01. The Morgan fingerprint density at radius 3 is 2.57 bits per heavy atom. The minimum absolute atomic E-state index is 0.0518. The maximum absolute atomic E-state index is 12.5. The van der Waals surface area contributed by atoms with Crippen LogP contribution in [0, 0.1) is 13.8 Å². The first-order valence-corrected chi connectivity index (χ1v) is 9.16. The molecule has 2 aromatic rings. The number of nitrogens with one attached hydrogen (secondary N) is 2. The lowest BCUT2D eigenvalue weighted by Gasteiger charge is -2.15. The summed E-state index contributed by atoms with van der Waals surface area (Å²) in [5.41, 5.74) is 8.12. The van der Waals surface area contributed by atoms with Gasteiger partial charge in [-0.1, -0.05) is 0 Å². The van der Waals surface area contributed by atoms with Gasteiger partial charge in [-0.15, -0.1) is 0 Å². The molecule has 1 unspecified atom stereocenters. The lowest BCUT2D eigenvalue weighted by Crippen LogP contribution is -2.40. The van der Waals surface area contributed by atoms with Gasteiger partial charge in [-0.25, -0.2) is 4.98 Å². The van der Waals surface area contributed by atoms with Gasteiger partial charge in [0.05, 0.1) is 11.0 Å². The molecule has 1 aromatic heterocycles. The number of hydrogen-bond donors (Lipinski definition) is 4. The highest BCUT2D eigenvalue weighted by Gasteiger charge is 2.18. The third kappa shape index (κ3) is 5.06. The van der Waals surface area contributed by atoms with Gasteiger partial charge in [0.1, 0.15) is 12.6 Å². The molecule has 0 radical (unpaired) electrons. The third-order valence-electron chi connectivity index (χ3n) is 4.59. The molecule has 1 aromatic carbocycles. The molecule has 1 heterocycles. The van der Waals surface area contributed by atoms with Crippen LogP contribution in [0.5, 0.6) is 0 Å². The van der Waals surface area contributed by atoms with Gasteiger partial charge in [-0.05, 0) is 43.5 Å². The number of carboxylic acid groups (broad SMARTS) is 1. The molecule has 0 fully saturated rings. The van der Waals surface area contributed by atoms with Crippen LogP contribution in [0.25, 0.3) is 11.0 Å². The molecule has 3 amide bonds. The van der Waals surface area contributed by atoms with Crippen LogP contribution in [-0.2, 0) is 20.9 Å². The fourth-order valence-electron chi connectivity index (χ4n) is 2.81. The molecule has 0 aliphatic carbocycles. The van der Waals surface area contributed by atoms with Crippen LogP contribution in [0.4, 0.5) is 0 Å². The Morgan fingerprint density at radius 1 is 1.30 bits per heavy atom. The van der Waals surface area contributed by atoms with Crippen LogP contribution in [0.3, 0.4) is 0 Å². The maximum Gasteiger partial charge on any atom is 0.320 e. The Balaban J connectivity index is 2.53. The number of benzene rings is 1. The molecule has 0 spiro atoms. The van der Waals surface area contributed by atoms with Gasteiger partial charge in [-0.2, -0.15) is 4.99 Å². The van der Waals surface area contributed by atoms with Crippen molar-refractivity contribution >= 4 is 35.2 Å². The van der Waals surface area contributed by atoms with Crippen LogP contribution in [0.2, 0.25) is 0 Å². The Morgan fingerprint density at radius 2 is 1.97 bits per heavy atom. The van der Waals surface area contributed by atoms with Crippen molar-refractivity contribution in [2.75, 3.05) is 13.6 Å². The van der Waals surface area contributed by atoms with E-state index in [2.05, 4.69) is 20.6 Å². The fourth-order valence-corrected chi connectivity index (χ4v) is 2.81. The maximum atomic E-state index is 12.5. The van der Waals surface area contributed by atoms with Crippen molar-refractivity contribution in [3.63, 3.8) is 0 Å². The highest BCUT2D eigenvalue weighted by atomic mass is 16.4. The summed E-state index contributed by atoms with van der Waals surface area (Å²) in [6.45, 7) is 3.56. The molecule has 160 valence electrons. The SMILES string of the molecule is CNC(=O)c1nc2cc(C)c(C)cc2n(CC(=O)NCCC(N)C(=O)O)c1=NC=O. The van der Waals surface area contributed by atoms with E-state index < -0.39 is 23.8 Å². The van der Waals surface area contributed by atoms with E-state index in [9.17, 15) is 19.2 Å². The highest BCUT2D eigenvalue weighted by Crippen LogP contribution is 2.17. The van der Waals surface area contributed by atoms with Crippen LogP contribution in [-0.4, -0.2) is 58.5 Å². The lowest BCUT2D eigenvalue weighted by atomic mass is 10.1. The van der Waals surface area contributed by atoms with Gasteiger partial charge in [0.2, 0.25) is 12.3 Å². The van der Waals surface area contributed by atoms with Gasteiger partial charge in [0.25, 0.3) is 5.91 Å². The number of aliphatic carboxylic acids is 1. The zero-order valence-corrected chi connectivity index (χ0v) is 16.9. The summed E-state index contributed by atoms with van der Waals surface area (Å²) in [5.74, 6) is -2.18. The largest absolute Gasteiger partial charge is 0.480 e. The molecule has 11 heteroatoms. The van der Waals surface area contributed by atoms with Crippen molar-refractivity contribution < 1.29 is 24.3 Å². The van der Waals surface area contributed by atoms with Crippen molar-refractivity contribution in [2.24, 2.45) is 10.7 Å². The highest BCUT2D eigenvalue weighted by molar-refractivity contribution is 5.94. The van der Waals surface area contributed by atoms with E-state index in [4.69, 9.17) is 10.8 Å².